The van der Waals surface area contributed by atoms with E-state index in [-0.39, 0.29) is 28.7 Å². The van der Waals surface area contributed by atoms with E-state index in [1.165, 1.54) is 19.2 Å². The fourth-order valence-corrected chi connectivity index (χ4v) is 2.62. The number of methoxy groups -OCH3 is 1. The number of amides is 2. The number of carbonyl (C=O) groups is 2. The second kappa shape index (κ2) is 7.44. The molecule has 1 aromatic rings. The van der Waals surface area contributed by atoms with Crippen molar-refractivity contribution in [3.63, 3.8) is 0 Å². The van der Waals surface area contributed by atoms with Gasteiger partial charge in [-0.1, -0.05) is 18.5 Å². The van der Waals surface area contributed by atoms with E-state index in [1.807, 2.05) is 6.92 Å². The van der Waals surface area contributed by atoms with E-state index in [1.54, 1.807) is 6.92 Å². The zero-order chi connectivity index (χ0) is 17.9. The van der Waals surface area contributed by atoms with Gasteiger partial charge in [0.15, 0.2) is 11.5 Å². The summed E-state index contributed by atoms with van der Waals surface area (Å²) in [6.07, 6.45) is 0.682. The Morgan fingerprint density at radius 1 is 1.42 bits per heavy atom. The Morgan fingerprint density at radius 3 is 2.75 bits per heavy atom. The Balaban J connectivity index is 2.49. The van der Waals surface area contributed by atoms with Gasteiger partial charge in [-0.3, -0.25) is 0 Å². The Morgan fingerprint density at radius 2 is 2.12 bits per heavy atom. The van der Waals surface area contributed by atoms with Crippen LogP contribution in [0.3, 0.4) is 0 Å². The third-order valence-corrected chi connectivity index (χ3v) is 3.82. The number of rotatable bonds is 5. The van der Waals surface area contributed by atoms with Crippen molar-refractivity contribution in [1.82, 2.24) is 10.6 Å². The molecule has 24 heavy (non-hydrogen) atoms. The molecule has 2 amide bonds. The fraction of sp³-hybridized carbons (Fsp3) is 0.375. The molecule has 130 valence electrons. The Kier molecular flexibility index (Phi) is 5.56. The van der Waals surface area contributed by atoms with Crippen molar-refractivity contribution in [3.05, 3.63) is 34.0 Å². The molecule has 7 nitrogen and oxygen atoms in total. The first-order valence-electron chi connectivity index (χ1n) is 7.40. The number of allylic oxidation sites excluding steroid dienone is 1. The third kappa shape index (κ3) is 3.56. The maximum absolute atomic E-state index is 12.4. The minimum atomic E-state index is -0.768. The number of benzene rings is 1. The van der Waals surface area contributed by atoms with Crippen LogP contribution in [0.25, 0.3) is 0 Å². The number of hydrogen-bond donors (Lipinski definition) is 3. The standard InChI is InChI=1S/C16H19ClN2O5/c1-4-5-24-15(21)12-8(2)18-16(22)19-13(12)9-6-10(17)14(20)11(7-9)23-3/h6-7,13,20H,4-5H2,1-3H3,(H2,18,19,22)/t13-/m0/s1. The molecule has 1 aromatic carbocycles. The lowest BCUT2D eigenvalue weighted by atomic mass is 9.95. The topological polar surface area (TPSA) is 96.9 Å². The second-order valence-electron chi connectivity index (χ2n) is 5.26. The van der Waals surface area contributed by atoms with Crippen LogP contribution in [-0.4, -0.2) is 30.8 Å². The second-order valence-corrected chi connectivity index (χ2v) is 5.67. The number of ether oxygens (including phenoxy) is 2. The predicted molar refractivity (Wildman–Crippen MR) is 88.0 cm³/mol. The van der Waals surface area contributed by atoms with Gasteiger partial charge in [0, 0.05) is 5.70 Å². The Bertz CT molecular complexity index is 702. The molecule has 3 N–H and O–H groups in total. The molecule has 0 radical (unpaired) electrons. The Labute approximate surface area is 144 Å². The lowest BCUT2D eigenvalue weighted by Crippen LogP contribution is -2.45. The molecule has 0 bridgehead atoms. The van der Waals surface area contributed by atoms with E-state index in [0.717, 1.165) is 0 Å². The van der Waals surface area contributed by atoms with Crippen LogP contribution in [0, 0.1) is 0 Å². The van der Waals surface area contributed by atoms with Crippen molar-refractivity contribution in [3.8, 4) is 11.5 Å². The lowest BCUT2D eigenvalue weighted by Gasteiger charge is -2.28. The summed E-state index contributed by atoms with van der Waals surface area (Å²) >= 11 is 6.01. The monoisotopic (exact) mass is 354 g/mol. The van der Waals surface area contributed by atoms with Gasteiger partial charge < -0.3 is 25.2 Å². The summed E-state index contributed by atoms with van der Waals surface area (Å²) in [7, 11) is 1.38. The highest BCUT2D eigenvalue weighted by Gasteiger charge is 2.33. The number of phenols is 1. The number of carbonyl (C=O) groups excluding carboxylic acids is 2. The molecular weight excluding hydrogens is 336 g/mol. The highest BCUT2D eigenvalue weighted by atomic mass is 35.5. The summed E-state index contributed by atoms with van der Waals surface area (Å²) in [6.45, 7) is 3.78. The zero-order valence-electron chi connectivity index (χ0n) is 13.6. The molecule has 0 fully saturated rings. The average Bonchev–Trinajstić information content (AvgIpc) is 2.54. The van der Waals surface area contributed by atoms with Crippen molar-refractivity contribution in [2.24, 2.45) is 0 Å². The molecule has 0 unspecified atom stereocenters. The van der Waals surface area contributed by atoms with Crippen molar-refractivity contribution in [2.45, 2.75) is 26.3 Å². The van der Waals surface area contributed by atoms with Crippen LogP contribution in [0.5, 0.6) is 11.5 Å². The first-order chi connectivity index (χ1) is 11.4. The van der Waals surface area contributed by atoms with Gasteiger partial charge >= 0.3 is 12.0 Å². The van der Waals surface area contributed by atoms with Gasteiger partial charge in [0.2, 0.25) is 0 Å². The smallest absolute Gasteiger partial charge is 0.338 e. The number of halogens is 1. The van der Waals surface area contributed by atoms with E-state index < -0.39 is 18.0 Å². The maximum Gasteiger partial charge on any atom is 0.338 e. The summed E-state index contributed by atoms with van der Waals surface area (Å²) in [5.41, 5.74) is 1.16. The average molecular weight is 355 g/mol. The number of nitrogens with one attached hydrogen (secondary N) is 2. The van der Waals surface area contributed by atoms with E-state index in [4.69, 9.17) is 21.1 Å². The van der Waals surface area contributed by atoms with Gasteiger partial charge in [-0.15, -0.1) is 0 Å². The molecule has 1 aliphatic rings. The zero-order valence-corrected chi connectivity index (χ0v) is 14.4. The summed E-state index contributed by atoms with van der Waals surface area (Å²) in [6, 6.07) is 1.76. The summed E-state index contributed by atoms with van der Waals surface area (Å²) < 4.78 is 10.3. The maximum atomic E-state index is 12.4. The van der Waals surface area contributed by atoms with Gasteiger partial charge in [-0.25, -0.2) is 9.59 Å². The summed E-state index contributed by atoms with van der Waals surface area (Å²) in [5, 5.41) is 15.1. The normalized spacial score (nSPS) is 17.2. The first-order valence-corrected chi connectivity index (χ1v) is 7.78. The highest BCUT2D eigenvalue weighted by molar-refractivity contribution is 6.32. The molecule has 1 aliphatic heterocycles. The van der Waals surface area contributed by atoms with Crippen molar-refractivity contribution >= 4 is 23.6 Å². The van der Waals surface area contributed by atoms with E-state index >= 15 is 0 Å². The van der Waals surface area contributed by atoms with Crippen LogP contribution in [0.2, 0.25) is 5.02 Å². The lowest BCUT2D eigenvalue weighted by molar-refractivity contribution is -0.139. The SMILES string of the molecule is CCCOC(=O)C1=C(C)NC(=O)N[C@H]1c1cc(Cl)c(O)c(OC)c1. The van der Waals surface area contributed by atoms with Crippen LogP contribution < -0.4 is 15.4 Å². The molecule has 2 rings (SSSR count). The van der Waals surface area contributed by atoms with E-state index in [9.17, 15) is 14.7 Å². The number of aromatic hydroxyl groups is 1. The third-order valence-electron chi connectivity index (χ3n) is 3.53. The summed E-state index contributed by atoms with van der Waals surface area (Å²) in [4.78, 5) is 24.2. The minimum absolute atomic E-state index is 0.0519. The number of urea groups is 1. The molecule has 8 heteroatoms. The van der Waals surface area contributed by atoms with Crippen LogP contribution in [0.4, 0.5) is 4.79 Å². The van der Waals surface area contributed by atoms with Crippen LogP contribution in [0.1, 0.15) is 31.9 Å². The fourth-order valence-electron chi connectivity index (χ4n) is 2.40. The largest absolute Gasteiger partial charge is 0.503 e. The molecule has 0 aromatic heterocycles. The van der Waals surface area contributed by atoms with Crippen molar-refractivity contribution in [1.29, 1.82) is 0 Å². The Hall–Kier alpha value is -2.41. The van der Waals surface area contributed by atoms with Gasteiger partial charge in [0.05, 0.1) is 30.4 Å². The number of esters is 1. The minimum Gasteiger partial charge on any atom is -0.503 e. The molecule has 0 spiro atoms. The van der Waals surface area contributed by atoms with E-state index in [0.29, 0.717) is 17.7 Å². The highest BCUT2D eigenvalue weighted by Crippen LogP contribution is 2.39. The van der Waals surface area contributed by atoms with Crippen LogP contribution in [-0.2, 0) is 9.53 Å². The molecule has 0 saturated carbocycles. The number of hydrogen-bond acceptors (Lipinski definition) is 5. The molecular formula is C16H19ClN2O5. The van der Waals surface area contributed by atoms with Gasteiger partial charge in [-0.05, 0) is 31.0 Å². The molecule has 0 aliphatic carbocycles. The van der Waals surface area contributed by atoms with E-state index in [2.05, 4.69) is 10.6 Å². The first kappa shape index (κ1) is 17.9. The van der Waals surface area contributed by atoms with Crippen molar-refractivity contribution in [2.75, 3.05) is 13.7 Å². The van der Waals surface area contributed by atoms with Gasteiger partial charge in [0.25, 0.3) is 0 Å². The van der Waals surface area contributed by atoms with Crippen LogP contribution in [0.15, 0.2) is 23.4 Å². The van der Waals surface area contributed by atoms with Gasteiger partial charge in [-0.2, -0.15) is 0 Å². The van der Waals surface area contributed by atoms with Crippen LogP contribution >= 0.6 is 11.6 Å². The quantitative estimate of drug-likeness (QED) is 0.706. The molecule has 0 saturated heterocycles. The predicted octanol–water partition coefficient (Wildman–Crippen LogP) is 2.64. The molecule has 1 heterocycles. The van der Waals surface area contributed by atoms with Crippen molar-refractivity contribution < 1.29 is 24.2 Å². The van der Waals surface area contributed by atoms with Gasteiger partial charge in [0.1, 0.15) is 0 Å². The summed E-state index contributed by atoms with van der Waals surface area (Å²) in [5.74, 6) is -0.599. The number of phenolic OH excluding ortho intramolecular Hbond substituents is 1. The molecule has 1 atom stereocenters.